The van der Waals surface area contributed by atoms with Crippen molar-refractivity contribution in [3.05, 3.63) is 0 Å². The third-order valence-electron chi connectivity index (χ3n) is 2.76. The first kappa shape index (κ1) is 16.9. The van der Waals surface area contributed by atoms with Crippen molar-refractivity contribution in [2.75, 3.05) is 20.3 Å². The second-order valence-corrected chi connectivity index (χ2v) is 4.54. The van der Waals surface area contributed by atoms with Gasteiger partial charge in [0.15, 0.2) is 0 Å². The van der Waals surface area contributed by atoms with Crippen molar-refractivity contribution >= 4 is 11.9 Å². The van der Waals surface area contributed by atoms with Crippen LogP contribution in [-0.4, -0.2) is 48.8 Å². The first-order valence-corrected chi connectivity index (χ1v) is 6.15. The number of methoxy groups -OCH3 is 1. The second kappa shape index (κ2) is 8.05. The SMILES string of the molecule is CCCC(C)(NC(C)C(=O)NCCOC)C(=O)O. The van der Waals surface area contributed by atoms with Gasteiger partial charge < -0.3 is 15.2 Å². The topological polar surface area (TPSA) is 87.7 Å². The van der Waals surface area contributed by atoms with Crippen LogP contribution in [-0.2, 0) is 14.3 Å². The highest BCUT2D eigenvalue weighted by Crippen LogP contribution is 2.13. The molecule has 0 aromatic heterocycles. The van der Waals surface area contributed by atoms with E-state index >= 15 is 0 Å². The standard InChI is InChI=1S/C12H24N2O4/c1-5-6-12(3,11(16)17)14-9(2)10(15)13-7-8-18-4/h9,14H,5-8H2,1-4H3,(H,13,15)(H,16,17). The van der Waals surface area contributed by atoms with Crippen LogP contribution in [0.25, 0.3) is 0 Å². The summed E-state index contributed by atoms with van der Waals surface area (Å²) in [7, 11) is 1.55. The number of rotatable bonds is 9. The van der Waals surface area contributed by atoms with Gasteiger partial charge in [0.1, 0.15) is 5.54 Å². The highest BCUT2D eigenvalue weighted by Gasteiger charge is 2.34. The number of carboxylic acid groups (broad SMARTS) is 1. The number of ether oxygens (including phenoxy) is 1. The molecule has 0 aromatic rings. The zero-order valence-electron chi connectivity index (χ0n) is 11.6. The molecular formula is C12H24N2O4. The number of aliphatic carboxylic acids is 1. The van der Waals surface area contributed by atoms with Crippen molar-refractivity contribution in [1.29, 1.82) is 0 Å². The van der Waals surface area contributed by atoms with Crippen LogP contribution in [0, 0.1) is 0 Å². The zero-order chi connectivity index (χ0) is 14.2. The fourth-order valence-corrected chi connectivity index (χ4v) is 1.71. The van der Waals surface area contributed by atoms with Crippen molar-refractivity contribution in [3.63, 3.8) is 0 Å². The molecule has 0 rings (SSSR count). The first-order valence-electron chi connectivity index (χ1n) is 6.15. The summed E-state index contributed by atoms with van der Waals surface area (Å²) in [5, 5.41) is 14.7. The maximum atomic E-state index is 11.7. The monoisotopic (exact) mass is 260 g/mol. The predicted octanol–water partition coefficient (Wildman–Crippen LogP) is 0.371. The summed E-state index contributed by atoms with van der Waals surface area (Å²) in [6.45, 7) is 6.01. The summed E-state index contributed by atoms with van der Waals surface area (Å²) in [5.41, 5.74) is -1.08. The summed E-state index contributed by atoms with van der Waals surface area (Å²) in [6, 6.07) is -0.561. The molecule has 0 heterocycles. The molecule has 0 saturated heterocycles. The molecule has 0 aromatic carbocycles. The quantitative estimate of drug-likeness (QED) is 0.521. The molecule has 0 saturated carbocycles. The summed E-state index contributed by atoms with van der Waals surface area (Å²) in [4.78, 5) is 22.9. The lowest BCUT2D eigenvalue weighted by Crippen LogP contribution is -2.57. The minimum absolute atomic E-state index is 0.226. The van der Waals surface area contributed by atoms with Crippen LogP contribution in [0.3, 0.4) is 0 Å². The minimum atomic E-state index is -1.08. The van der Waals surface area contributed by atoms with Gasteiger partial charge in [0, 0.05) is 13.7 Å². The Morgan fingerprint density at radius 1 is 1.44 bits per heavy atom. The number of hydrogen-bond donors (Lipinski definition) is 3. The molecule has 6 heteroatoms. The largest absolute Gasteiger partial charge is 0.480 e. The van der Waals surface area contributed by atoms with Crippen LogP contribution < -0.4 is 10.6 Å². The van der Waals surface area contributed by atoms with E-state index in [4.69, 9.17) is 4.74 Å². The molecule has 0 radical (unpaired) electrons. The predicted molar refractivity (Wildman–Crippen MR) is 68.4 cm³/mol. The molecule has 0 aliphatic carbocycles. The molecule has 1 amide bonds. The van der Waals surface area contributed by atoms with E-state index in [1.807, 2.05) is 6.92 Å². The molecular weight excluding hydrogens is 236 g/mol. The Labute approximate surface area is 108 Å². The maximum Gasteiger partial charge on any atom is 0.323 e. The number of amides is 1. The fraction of sp³-hybridized carbons (Fsp3) is 0.833. The van der Waals surface area contributed by atoms with Gasteiger partial charge in [-0.1, -0.05) is 13.3 Å². The molecule has 0 fully saturated rings. The van der Waals surface area contributed by atoms with Gasteiger partial charge in [0.25, 0.3) is 0 Å². The van der Waals surface area contributed by atoms with Crippen molar-refractivity contribution in [2.24, 2.45) is 0 Å². The molecule has 0 spiro atoms. The summed E-state index contributed by atoms with van der Waals surface area (Å²) in [6.07, 6.45) is 1.20. The summed E-state index contributed by atoms with van der Waals surface area (Å²) < 4.78 is 4.82. The van der Waals surface area contributed by atoms with Gasteiger partial charge in [-0.25, -0.2) is 0 Å². The number of carboxylic acids is 1. The molecule has 2 atom stereocenters. The van der Waals surface area contributed by atoms with E-state index in [-0.39, 0.29) is 5.91 Å². The molecule has 3 N–H and O–H groups in total. The van der Waals surface area contributed by atoms with Gasteiger partial charge in [-0.2, -0.15) is 0 Å². The molecule has 0 aliphatic heterocycles. The van der Waals surface area contributed by atoms with E-state index in [2.05, 4.69) is 10.6 Å². The lowest BCUT2D eigenvalue weighted by atomic mass is 9.95. The van der Waals surface area contributed by atoms with Crippen LogP contribution in [0.4, 0.5) is 0 Å². The number of carbonyl (C=O) groups is 2. The Kier molecular flexibility index (Phi) is 7.54. The number of carbonyl (C=O) groups excluding carboxylic acids is 1. The van der Waals surface area contributed by atoms with Crippen LogP contribution >= 0.6 is 0 Å². The molecule has 18 heavy (non-hydrogen) atoms. The highest BCUT2D eigenvalue weighted by molar-refractivity contribution is 5.84. The van der Waals surface area contributed by atoms with E-state index in [9.17, 15) is 14.7 Å². The summed E-state index contributed by atoms with van der Waals surface area (Å²) >= 11 is 0. The number of hydrogen-bond acceptors (Lipinski definition) is 4. The van der Waals surface area contributed by atoms with Gasteiger partial charge in [-0.3, -0.25) is 14.9 Å². The van der Waals surface area contributed by atoms with Crippen molar-refractivity contribution in [3.8, 4) is 0 Å². The zero-order valence-corrected chi connectivity index (χ0v) is 11.6. The van der Waals surface area contributed by atoms with E-state index < -0.39 is 17.6 Å². The third kappa shape index (κ3) is 5.46. The van der Waals surface area contributed by atoms with Gasteiger partial charge in [-0.05, 0) is 20.3 Å². The molecule has 0 bridgehead atoms. The van der Waals surface area contributed by atoms with Crippen LogP contribution in [0.1, 0.15) is 33.6 Å². The lowest BCUT2D eigenvalue weighted by Gasteiger charge is -2.29. The second-order valence-electron chi connectivity index (χ2n) is 4.54. The Hall–Kier alpha value is -1.14. The molecule has 0 aliphatic rings. The average Bonchev–Trinajstić information content (AvgIpc) is 2.29. The smallest absolute Gasteiger partial charge is 0.323 e. The van der Waals surface area contributed by atoms with Gasteiger partial charge in [-0.15, -0.1) is 0 Å². The van der Waals surface area contributed by atoms with Crippen molar-refractivity contribution in [1.82, 2.24) is 10.6 Å². The average molecular weight is 260 g/mol. The Bertz CT molecular complexity index is 283. The molecule has 2 unspecified atom stereocenters. The number of nitrogens with one attached hydrogen (secondary N) is 2. The highest BCUT2D eigenvalue weighted by atomic mass is 16.5. The third-order valence-corrected chi connectivity index (χ3v) is 2.76. The minimum Gasteiger partial charge on any atom is -0.480 e. The fourth-order valence-electron chi connectivity index (χ4n) is 1.71. The van der Waals surface area contributed by atoms with E-state index in [0.717, 1.165) is 6.42 Å². The van der Waals surface area contributed by atoms with Crippen LogP contribution in [0.2, 0.25) is 0 Å². The molecule has 106 valence electrons. The van der Waals surface area contributed by atoms with Crippen LogP contribution in [0.5, 0.6) is 0 Å². The van der Waals surface area contributed by atoms with Gasteiger partial charge in [0.2, 0.25) is 5.91 Å². The molecule has 6 nitrogen and oxygen atoms in total. The van der Waals surface area contributed by atoms with Gasteiger partial charge >= 0.3 is 5.97 Å². The first-order chi connectivity index (χ1) is 8.37. The Morgan fingerprint density at radius 2 is 2.06 bits per heavy atom. The maximum absolute atomic E-state index is 11.7. The lowest BCUT2D eigenvalue weighted by molar-refractivity contribution is -0.145. The van der Waals surface area contributed by atoms with E-state index in [1.165, 1.54) is 0 Å². The Morgan fingerprint density at radius 3 is 2.50 bits per heavy atom. The Balaban J connectivity index is 4.37. The van der Waals surface area contributed by atoms with Crippen molar-refractivity contribution in [2.45, 2.75) is 45.2 Å². The van der Waals surface area contributed by atoms with Gasteiger partial charge in [0.05, 0.1) is 12.6 Å². The normalized spacial score (nSPS) is 15.8. The van der Waals surface area contributed by atoms with Crippen LogP contribution in [0.15, 0.2) is 0 Å². The van der Waals surface area contributed by atoms with E-state index in [1.54, 1.807) is 21.0 Å². The van der Waals surface area contributed by atoms with Crippen molar-refractivity contribution < 1.29 is 19.4 Å². The van der Waals surface area contributed by atoms with E-state index in [0.29, 0.717) is 19.6 Å². The summed E-state index contributed by atoms with van der Waals surface area (Å²) in [5.74, 6) is -1.17.